The molecular weight excluding hydrogens is 289 g/mol. The van der Waals surface area contributed by atoms with Crippen LogP contribution in [0.2, 0.25) is 0 Å². The summed E-state index contributed by atoms with van der Waals surface area (Å²) in [4.78, 5) is 7.70. The number of hydrazine groups is 1. The van der Waals surface area contributed by atoms with Crippen LogP contribution in [-0.2, 0) is 0 Å². The molecule has 0 aliphatic carbocycles. The maximum absolute atomic E-state index is 12.3. The van der Waals surface area contributed by atoms with Crippen molar-refractivity contribution in [1.82, 2.24) is 9.97 Å². The first-order valence-electron chi connectivity index (χ1n) is 5.71. The van der Waals surface area contributed by atoms with Crippen LogP contribution >= 0.6 is 0 Å². The molecule has 1 heterocycles. The van der Waals surface area contributed by atoms with Crippen molar-refractivity contribution in [3.05, 3.63) is 36.2 Å². The molecule has 0 unspecified atom stereocenters. The lowest BCUT2D eigenvalue weighted by molar-refractivity contribution is -0.275. The van der Waals surface area contributed by atoms with Crippen LogP contribution in [0.5, 0.6) is 17.4 Å². The van der Waals surface area contributed by atoms with E-state index in [9.17, 15) is 13.2 Å². The first-order chi connectivity index (χ1) is 9.90. The largest absolute Gasteiger partial charge is 0.573 e. The van der Waals surface area contributed by atoms with Crippen LogP contribution in [0.1, 0.15) is 5.56 Å². The van der Waals surface area contributed by atoms with E-state index >= 15 is 0 Å². The van der Waals surface area contributed by atoms with Gasteiger partial charge in [-0.3, -0.25) is 0 Å². The van der Waals surface area contributed by atoms with Crippen LogP contribution < -0.4 is 20.7 Å². The second-order valence-electron chi connectivity index (χ2n) is 3.89. The lowest BCUT2D eigenvalue weighted by Gasteiger charge is -2.14. The molecular formula is C12H11F3N4O2. The first kappa shape index (κ1) is 14.9. The zero-order valence-corrected chi connectivity index (χ0v) is 10.8. The molecule has 0 spiro atoms. The summed E-state index contributed by atoms with van der Waals surface area (Å²) in [6.07, 6.45) is -3.64. The van der Waals surface area contributed by atoms with Crippen LogP contribution in [0.3, 0.4) is 0 Å². The van der Waals surface area contributed by atoms with Gasteiger partial charge in [0.1, 0.15) is 12.1 Å². The predicted octanol–water partition coefficient (Wildman–Crippen LogP) is 2.76. The van der Waals surface area contributed by atoms with Gasteiger partial charge in [0.2, 0.25) is 5.88 Å². The summed E-state index contributed by atoms with van der Waals surface area (Å²) in [7, 11) is 0. The highest BCUT2D eigenvalue weighted by Gasteiger charge is 2.32. The van der Waals surface area contributed by atoms with Gasteiger partial charge in [0.05, 0.1) is 5.56 Å². The summed E-state index contributed by atoms with van der Waals surface area (Å²) in [5, 5.41) is 0. The van der Waals surface area contributed by atoms with E-state index in [1.54, 1.807) is 6.92 Å². The number of rotatable bonds is 4. The molecule has 0 fully saturated rings. The number of nitrogens with two attached hydrogens (primary N) is 1. The quantitative estimate of drug-likeness (QED) is 0.667. The normalized spacial score (nSPS) is 11.1. The third-order valence-corrected chi connectivity index (χ3v) is 2.46. The third-order valence-electron chi connectivity index (χ3n) is 2.46. The number of aromatic nitrogens is 2. The number of anilines is 1. The summed E-state index contributed by atoms with van der Waals surface area (Å²) in [5.74, 6) is 5.03. The van der Waals surface area contributed by atoms with E-state index in [1.807, 2.05) is 0 Å². The number of benzene rings is 1. The highest BCUT2D eigenvalue weighted by atomic mass is 19.4. The Bertz CT molecular complexity index is 634. The fourth-order valence-electron chi connectivity index (χ4n) is 1.53. The Morgan fingerprint density at radius 1 is 1.14 bits per heavy atom. The summed E-state index contributed by atoms with van der Waals surface area (Å²) < 4.78 is 46.2. The molecule has 2 aromatic rings. The van der Waals surface area contributed by atoms with E-state index in [2.05, 4.69) is 20.1 Å². The van der Waals surface area contributed by atoms with Gasteiger partial charge in [0.15, 0.2) is 11.5 Å². The molecule has 0 saturated carbocycles. The molecule has 0 saturated heterocycles. The molecule has 2 rings (SSSR count). The molecule has 9 heteroatoms. The number of nitrogens with zero attached hydrogens (tertiary/aromatic N) is 2. The van der Waals surface area contributed by atoms with Crippen molar-refractivity contribution in [2.24, 2.45) is 5.84 Å². The third kappa shape index (κ3) is 3.72. The maximum atomic E-state index is 12.3. The molecule has 0 radical (unpaired) electrons. The Balaban J connectivity index is 2.32. The van der Waals surface area contributed by atoms with Gasteiger partial charge < -0.3 is 14.9 Å². The van der Waals surface area contributed by atoms with Crippen LogP contribution in [-0.4, -0.2) is 16.3 Å². The van der Waals surface area contributed by atoms with Gasteiger partial charge in [-0.2, -0.15) is 0 Å². The Morgan fingerprint density at radius 3 is 2.43 bits per heavy atom. The molecule has 1 aromatic carbocycles. The summed E-state index contributed by atoms with van der Waals surface area (Å²) >= 11 is 0. The van der Waals surface area contributed by atoms with Crippen LogP contribution in [0, 0.1) is 6.92 Å². The molecule has 0 aliphatic heterocycles. The Morgan fingerprint density at radius 2 is 1.81 bits per heavy atom. The lowest BCUT2D eigenvalue weighted by Crippen LogP contribution is -2.17. The van der Waals surface area contributed by atoms with Crippen molar-refractivity contribution in [1.29, 1.82) is 0 Å². The summed E-state index contributed by atoms with van der Waals surface area (Å²) in [5.41, 5.74) is 2.78. The maximum Gasteiger partial charge on any atom is 0.573 e. The number of hydrogen-bond donors (Lipinski definition) is 2. The van der Waals surface area contributed by atoms with Gasteiger partial charge in [-0.1, -0.05) is 12.1 Å². The Hall–Kier alpha value is -2.55. The molecule has 112 valence electrons. The van der Waals surface area contributed by atoms with Crippen LogP contribution in [0.15, 0.2) is 30.6 Å². The number of halogens is 3. The number of nitrogens with one attached hydrogen (secondary N) is 1. The van der Waals surface area contributed by atoms with Gasteiger partial charge in [0, 0.05) is 0 Å². The fraction of sp³-hybridized carbons (Fsp3) is 0.167. The number of alkyl halides is 3. The highest BCUT2D eigenvalue weighted by molar-refractivity contribution is 5.49. The average Bonchev–Trinajstić information content (AvgIpc) is 2.41. The second kappa shape index (κ2) is 5.83. The molecule has 1 aromatic heterocycles. The molecule has 6 nitrogen and oxygen atoms in total. The van der Waals surface area contributed by atoms with E-state index in [1.165, 1.54) is 24.5 Å². The van der Waals surface area contributed by atoms with Gasteiger partial charge in [0.25, 0.3) is 0 Å². The highest BCUT2D eigenvalue weighted by Crippen LogP contribution is 2.35. The van der Waals surface area contributed by atoms with E-state index in [4.69, 9.17) is 10.6 Å². The average molecular weight is 300 g/mol. The fourth-order valence-corrected chi connectivity index (χ4v) is 1.53. The van der Waals surface area contributed by atoms with Gasteiger partial charge in [-0.05, 0) is 19.1 Å². The minimum Gasteiger partial charge on any atom is -0.435 e. The predicted molar refractivity (Wildman–Crippen MR) is 67.8 cm³/mol. The Labute approximate surface area is 117 Å². The van der Waals surface area contributed by atoms with E-state index in [-0.39, 0.29) is 11.6 Å². The molecule has 0 bridgehead atoms. The zero-order chi connectivity index (χ0) is 15.5. The molecule has 3 N–H and O–H groups in total. The van der Waals surface area contributed by atoms with Crippen LogP contribution in [0.4, 0.5) is 19.0 Å². The Kier molecular flexibility index (Phi) is 4.13. The minimum atomic E-state index is -4.82. The monoisotopic (exact) mass is 300 g/mol. The van der Waals surface area contributed by atoms with Crippen molar-refractivity contribution in [2.75, 3.05) is 5.43 Å². The first-order valence-corrected chi connectivity index (χ1v) is 5.71. The zero-order valence-electron chi connectivity index (χ0n) is 10.8. The lowest BCUT2D eigenvalue weighted by atomic mass is 10.3. The standard InChI is InChI=1S/C12H11F3N4O2/c1-7-10(19-16)17-6-18-11(7)20-8-4-2-3-5-9(8)21-12(13,14)15/h2-6H,16H2,1H3,(H,17,18,19). The molecule has 0 aliphatic rings. The summed E-state index contributed by atoms with van der Waals surface area (Å²) in [6, 6.07) is 5.38. The van der Waals surface area contributed by atoms with Crippen molar-refractivity contribution < 1.29 is 22.6 Å². The van der Waals surface area contributed by atoms with Crippen molar-refractivity contribution >= 4 is 5.82 Å². The number of ether oxygens (including phenoxy) is 2. The number of para-hydroxylation sites is 2. The molecule has 0 amide bonds. The molecule has 21 heavy (non-hydrogen) atoms. The van der Waals surface area contributed by atoms with Gasteiger partial charge in [-0.15, -0.1) is 13.2 Å². The SMILES string of the molecule is Cc1c(NN)ncnc1Oc1ccccc1OC(F)(F)F. The van der Waals surface area contributed by atoms with Gasteiger partial charge in [-0.25, -0.2) is 15.8 Å². The van der Waals surface area contributed by atoms with Crippen molar-refractivity contribution in [2.45, 2.75) is 13.3 Å². The van der Waals surface area contributed by atoms with E-state index in [0.29, 0.717) is 11.4 Å². The molecule has 0 atom stereocenters. The van der Waals surface area contributed by atoms with Gasteiger partial charge >= 0.3 is 6.36 Å². The smallest absolute Gasteiger partial charge is 0.435 e. The number of nitrogen functional groups attached to an aromatic ring is 1. The minimum absolute atomic E-state index is 0.0659. The second-order valence-corrected chi connectivity index (χ2v) is 3.89. The van der Waals surface area contributed by atoms with Crippen LogP contribution in [0.25, 0.3) is 0 Å². The van der Waals surface area contributed by atoms with Crippen molar-refractivity contribution in [3.8, 4) is 17.4 Å². The summed E-state index contributed by atoms with van der Waals surface area (Å²) in [6.45, 7) is 1.61. The topological polar surface area (TPSA) is 82.3 Å². The van der Waals surface area contributed by atoms with E-state index < -0.39 is 12.1 Å². The number of hydrogen-bond acceptors (Lipinski definition) is 6. The van der Waals surface area contributed by atoms with Crippen molar-refractivity contribution in [3.63, 3.8) is 0 Å². The van der Waals surface area contributed by atoms with E-state index in [0.717, 1.165) is 6.07 Å².